The van der Waals surface area contributed by atoms with Gasteiger partial charge in [0.25, 0.3) is 0 Å². The number of benzene rings is 1. The minimum atomic E-state index is 0.0981. The zero-order valence-corrected chi connectivity index (χ0v) is 13.9. The van der Waals surface area contributed by atoms with E-state index in [4.69, 9.17) is 9.47 Å². The third-order valence-corrected chi connectivity index (χ3v) is 4.93. The van der Waals surface area contributed by atoms with E-state index in [9.17, 15) is 4.79 Å². The Balaban J connectivity index is 1.33. The Kier molecular flexibility index (Phi) is 4.43. The van der Waals surface area contributed by atoms with Crippen molar-refractivity contribution in [1.29, 1.82) is 0 Å². The van der Waals surface area contributed by atoms with Crippen molar-refractivity contribution in [1.82, 2.24) is 9.80 Å². The van der Waals surface area contributed by atoms with Crippen LogP contribution in [0.25, 0.3) is 6.08 Å². The van der Waals surface area contributed by atoms with Crippen LogP contribution in [0.3, 0.4) is 0 Å². The minimum Gasteiger partial charge on any atom is -0.454 e. The Hall–Kier alpha value is -2.01. The average molecular weight is 328 g/mol. The summed E-state index contributed by atoms with van der Waals surface area (Å²) in [5.74, 6) is 2.52. The number of rotatable bonds is 4. The first kappa shape index (κ1) is 15.5. The summed E-state index contributed by atoms with van der Waals surface area (Å²) in [5, 5.41) is 0. The Labute approximate surface area is 142 Å². The highest BCUT2D eigenvalue weighted by molar-refractivity contribution is 5.91. The first-order valence-electron chi connectivity index (χ1n) is 8.87. The van der Waals surface area contributed by atoms with E-state index in [0.29, 0.717) is 0 Å². The highest BCUT2D eigenvalue weighted by Gasteiger charge is 2.26. The first-order valence-corrected chi connectivity index (χ1v) is 8.87. The lowest BCUT2D eigenvalue weighted by atomic mass is 10.2. The Morgan fingerprint density at radius 1 is 1.12 bits per heavy atom. The van der Waals surface area contributed by atoms with Gasteiger partial charge in [0.15, 0.2) is 11.5 Å². The van der Waals surface area contributed by atoms with E-state index < -0.39 is 0 Å². The van der Waals surface area contributed by atoms with E-state index in [1.165, 1.54) is 19.4 Å². The van der Waals surface area contributed by atoms with E-state index in [-0.39, 0.29) is 12.7 Å². The molecule has 2 fully saturated rings. The Morgan fingerprint density at radius 2 is 2.00 bits per heavy atom. The summed E-state index contributed by atoms with van der Waals surface area (Å²) in [6.45, 7) is 5.29. The van der Waals surface area contributed by atoms with Crippen LogP contribution < -0.4 is 9.47 Å². The van der Waals surface area contributed by atoms with E-state index >= 15 is 0 Å². The molecule has 2 aliphatic heterocycles. The van der Waals surface area contributed by atoms with E-state index in [1.807, 2.05) is 29.2 Å². The van der Waals surface area contributed by atoms with Gasteiger partial charge in [0.2, 0.25) is 12.7 Å². The molecule has 1 saturated heterocycles. The van der Waals surface area contributed by atoms with Crippen LogP contribution >= 0.6 is 0 Å². The Bertz CT molecular complexity index is 639. The van der Waals surface area contributed by atoms with Gasteiger partial charge in [-0.15, -0.1) is 0 Å². The highest BCUT2D eigenvalue weighted by atomic mass is 16.7. The molecule has 1 aromatic rings. The number of nitrogens with zero attached hydrogens (tertiary/aromatic N) is 2. The lowest BCUT2D eigenvalue weighted by Crippen LogP contribution is -2.34. The maximum atomic E-state index is 12.5. The van der Waals surface area contributed by atoms with Crippen molar-refractivity contribution in [2.75, 3.05) is 39.5 Å². The molecule has 0 bridgehead atoms. The molecule has 0 N–H and O–H groups in total. The van der Waals surface area contributed by atoms with Gasteiger partial charge in [-0.3, -0.25) is 4.79 Å². The fraction of sp³-hybridized carbons (Fsp3) is 0.526. The van der Waals surface area contributed by atoms with E-state index in [1.54, 1.807) is 6.08 Å². The summed E-state index contributed by atoms with van der Waals surface area (Å²) >= 11 is 0. The number of ether oxygens (including phenoxy) is 2. The molecule has 1 amide bonds. The van der Waals surface area contributed by atoms with Gasteiger partial charge < -0.3 is 19.3 Å². The van der Waals surface area contributed by atoms with Crippen LogP contribution in [0.4, 0.5) is 0 Å². The standard InChI is InChI=1S/C19H24N2O3/c22-19(7-5-15-4-6-17-18(12-15)24-14-23-17)21-9-1-8-20(10-11-21)13-16-2-3-16/h4-7,12,16H,1-3,8-11,13-14H2/b7-5+. The van der Waals surface area contributed by atoms with Gasteiger partial charge in [0.05, 0.1) is 0 Å². The highest BCUT2D eigenvalue weighted by Crippen LogP contribution is 2.33. The summed E-state index contributed by atoms with van der Waals surface area (Å²) in [5.41, 5.74) is 0.956. The molecule has 1 saturated carbocycles. The van der Waals surface area contributed by atoms with Crippen molar-refractivity contribution in [2.24, 2.45) is 5.92 Å². The molecular formula is C19H24N2O3. The SMILES string of the molecule is O=C(/C=C/c1ccc2c(c1)OCO2)N1CCCN(CC2CC2)CC1. The number of fused-ring (bicyclic) bond motifs is 1. The smallest absolute Gasteiger partial charge is 0.246 e. The lowest BCUT2D eigenvalue weighted by Gasteiger charge is -2.20. The molecule has 5 nitrogen and oxygen atoms in total. The second-order valence-corrected chi connectivity index (χ2v) is 6.87. The first-order chi connectivity index (χ1) is 11.8. The topological polar surface area (TPSA) is 42.0 Å². The van der Waals surface area contributed by atoms with Crippen LogP contribution in [-0.4, -0.2) is 55.2 Å². The van der Waals surface area contributed by atoms with Crippen molar-refractivity contribution in [2.45, 2.75) is 19.3 Å². The molecule has 4 rings (SSSR count). The van der Waals surface area contributed by atoms with Gasteiger partial charge >= 0.3 is 0 Å². The number of hydrogen-bond donors (Lipinski definition) is 0. The van der Waals surface area contributed by atoms with Crippen LogP contribution in [0.2, 0.25) is 0 Å². The van der Waals surface area contributed by atoms with Gasteiger partial charge in [-0.25, -0.2) is 0 Å². The van der Waals surface area contributed by atoms with Crippen LogP contribution in [0.1, 0.15) is 24.8 Å². The molecular weight excluding hydrogens is 304 g/mol. The molecule has 5 heteroatoms. The fourth-order valence-corrected chi connectivity index (χ4v) is 3.33. The zero-order valence-electron chi connectivity index (χ0n) is 13.9. The number of carbonyl (C=O) groups is 1. The number of hydrogen-bond acceptors (Lipinski definition) is 4. The maximum Gasteiger partial charge on any atom is 0.246 e. The molecule has 3 aliphatic rings. The van der Waals surface area contributed by atoms with Crippen LogP contribution in [0, 0.1) is 5.92 Å². The van der Waals surface area contributed by atoms with Crippen molar-refractivity contribution in [3.8, 4) is 11.5 Å². The summed E-state index contributed by atoms with van der Waals surface area (Å²) < 4.78 is 10.7. The van der Waals surface area contributed by atoms with Crippen molar-refractivity contribution in [3.05, 3.63) is 29.8 Å². The van der Waals surface area contributed by atoms with Gasteiger partial charge in [-0.1, -0.05) is 6.07 Å². The fourth-order valence-electron chi connectivity index (χ4n) is 3.33. The van der Waals surface area contributed by atoms with Crippen LogP contribution in [0.5, 0.6) is 11.5 Å². The second kappa shape index (κ2) is 6.85. The summed E-state index contributed by atoms with van der Waals surface area (Å²) in [7, 11) is 0. The molecule has 2 heterocycles. The third kappa shape index (κ3) is 3.73. The second-order valence-electron chi connectivity index (χ2n) is 6.87. The van der Waals surface area contributed by atoms with Crippen LogP contribution in [-0.2, 0) is 4.79 Å². The van der Waals surface area contributed by atoms with Crippen molar-refractivity contribution in [3.63, 3.8) is 0 Å². The van der Waals surface area contributed by atoms with Crippen LogP contribution in [0.15, 0.2) is 24.3 Å². The van der Waals surface area contributed by atoms with Crippen molar-refractivity contribution < 1.29 is 14.3 Å². The normalized spacial score (nSPS) is 21.2. The molecule has 128 valence electrons. The molecule has 1 aliphatic carbocycles. The van der Waals surface area contributed by atoms with E-state index in [2.05, 4.69) is 4.90 Å². The van der Waals surface area contributed by atoms with Gasteiger partial charge in [-0.2, -0.15) is 0 Å². The molecule has 1 aromatic carbocycles. The lowest BCUT2D eigenvalue weighted by molar-refractivity contribution is -0.125. The number of amides is 1. The van der Waals surface area contributed by atoms with Crippen molar-refractivity contribution >= 4 is 12.0 Å². The minimum absolute atomic E-state index is 0.0981. The zero-order chi connectivity index (χ0) is 16.4. The molecule has 24 heavy (non-hydrogen) atoms. The largest absolute Gasteiger partial charge is 0.454 e. The maximum absolute atomic E-state index is 12.5. The quantitative estimate of drug-likeness (QED) is 0.796. The molecule has 0 aromatic heterocycles. The molecule has 0 spiro atoms. The predicted octanol–water partition coefficient (Wildman–Crippen LogP) is 2.37. The summed E-state index contributed by atoms with van der Waals surface area (Å²) in [6.07, 6.45) is 7.37. The number of carbonyl (C=O) groups excluding carboxylic acids is 1. The predicted molar refractivity (Wildman–Crippen MR) is 92.0 cm³/mol. The monoisotopic (exact) mass is 328 g/mol. The average Bonchev–Trinajstić information content (AvgIpc) is 3.34. The van der Waals surface area contributed by atoms with E-state index in [0.717, 1.165) is 55.6 Å². The molecule has 0 radical (unpaired) electrons. The Morgan fingerprint density at radius 3 is 2.88 bits per heavy atom. The summed E-state index contributed by atoms with van der Waals surface area (Å²) in [4.78, 5) is 17.0. The summed E-state index contributed by atoms with van der Waals surface area (Å²) in [6, 6.07) is 5.73. The van der Waals surface area contributed by atoms with Gasteiger partial charge in [0.1, 0.15) is 0 Å². The molecule has 0 atom stereocenters. The van der Waals surface area contributed by atoms with Gasteiger partial charge in [-0.05, 0) is 55.5 Å². The molecule has 0 unspecified atom stereocenters. The third-order valence-electron chi connectivity index (χ3n) is 4.93. The van der Waals surface area contributed by atoms with Gasteiger partial charge in [0, 0.05) is 32.3 Å².